The summed E-state index contributed by atoms with van der Waals surface area (Å²) in [6.45, 7) is 8.15. The molecule has 0 aliphatic rings. The van der Waals surface area contributed by atoms with Crippen LogP contribution in [-0.2, 0) is 0 Å². The van der Waals surface area contributed by atoms with E-state index in [1.54, 1.807) is 0 Å². The predicted octanol–water partition coefficient (Wildman–Crippen LogP) is 4.26. The first-order valence-corrected chi connectivity index (χ1v) is 7.20. The van der Waals surface area contributed by atoms with Crippen molar-refractivity contribution >= 4 is 11.6 Å². The summed E-state index contributed by atoms with van der Waals surface area (Å²) in [6.07, 6.45) is 0. The van der Waals surface area contributed by atoms with E-state index in [4.69, 9.17) is 16.1 Å². The molecule has 0 aliphatic heterocycles. The molecular formula is C15H20ClN3O. The van der Waals surface area contributed by atoms with Crippen molar-refractivity contribution in [3.63, 3.8) is 0 Å². The van der Waals surface area contributed by atoms with Crippen LogP contribution in [0.3, 0.4) is 0 Å². The second-order valence-corrected chi connectivity index (χ2v) is 5.68. The maximum absolute atomic E-state index is 6.20. The third-order valence-electron chi connectivity index (χ3n) is 3.22. The van der Waals surface area contributed by atoms with Gasteiger partial charge in [0.05, 0.1) is 6.04 Å². The first kappa shape index (κ1) is 15.0. The molecule has 1 heterocycles. The maximum atomic E-state index is 6.20. The Bertz CT molecular complexity index is 568. The minimum Gasteiger partial charge on any atom is -0.338 e. The van der Waals surface area contributed by atoms with Crippen LogP contribution in [0.5, 0.6) is 0 Å². The molecule has 5 heteroatoms. The summed E-state index contributed by atoms with van der Waals surface area (Å²) in [5.41, 5.74) is 1.06. The van der Waals surface area contributed by atoms with Gasteiger partial charge in [0.25, 0.3) is 0 Å². The highest BCUT2D eigenvalue weighted by Gasteiger charge is 2.19. The van der Waals surface area contributed by atoms with E-state index in [-0.39, 0.29) is 18.0 Å². The highest BCUT2D eigenvalue weighted by Crippen LogP contribution is 2.25. The van der Waals surface area contributed by atoms with Crippen LogP contribution >= 0.6 is 11.6 Å². The molecule has 2 unspecified atom stereocenters. The number of rotatable bonds is 5. The van der Waals surface area contributed by atoms with Crippen molar-refractivity contribution in [2.24, 2.45) is 0 Å². The van der Waals surface area contributed by atoms with Gasteiger partial charge in [-0.2, -0.15) is 4.98 Å². The van der Waals surface area contributed by atoms with Crippen LogP contribution in [0.15, 0.2) is 28.8 Å². The fourth-order valence-corrected chi connectivity index (χ4v) is 2.32. The Hall–Kier alpha value is -1.39. The van der Waals surface area contributed by atoms with Gasteiger partial charge in [-0.1, -0.05) is 48.8 Å². The number of benzene rings is 1. The quantitative estimate of drug-likeness (QED) is 0.895. The van der Waals surface area contributed by atoms with Crippen molar-refractivity contribution in [2.45, 2.75) is 45.7 Å². The molecule has 1 aromatic heterocycles. The standard InChI is InChI=1S/C15H20ClN3O/c1-9(2)14-18-15(20-19-14)11(4)17-10(3)12-7-5-6-8-13(12)16/h5-11,17H,1-4H3. The summed E-state index contributed by atoms with van der Waals surface area (Å²) in [7, 11) is 0. The summed E-state index contributed by atoms with van der Waals surface area (Å²) in [5.74, 6) is 1.60. The molecule has 0 amide bonds. The number of hydrogen-bond donors (Lipinski definition) is 1. The molecule has 0 saturated heterocycles. The van der Waals surface area contributed by atoms with Gasteiger partial charge in [0.2, 0.25) is 5.89 Å². The van der Waals surface area contributed by atoms with E-state index in [1.807, 2.05) is 45.0 Å². The van der Waals surface area contributed by atoms with Gasteiger partial charge in [-0.25, -0.2) is 0 Å². The fourth-order valence-electron chi connectivity index (χ4n) is 2.02. The Morgan fingerprint density at radius 1 is 1.10 bits per heavy atom. The molecule has 0 bridgehead atoms. The molecule has 2 atom stereocenters. The molecule has 1 N–H and O–H groups in total. The Balaban J connectivity index is 2.07. The molecule has 0 fully saturated rings. The van der Waals surface area contributed by atoms with E-state index < -0.39 is 0 Å². The van der Waals surface area contributed by atoms with E-state index in [9.17, 15) is 0 Å². The SMILES string of the molecule is CC(C)c1noc(C(C)NC(C)c2ccccc2Cl)n1. The maximum Gasteiger partial charge on any atom is 0.243 e. The van der Waals surface area contributed by atoms with Crippen LogP contribution in [0.25, 0.3) is 0 Å². The minimum atomic E-state index is -0.0266. The van der Waals surface area contributed by atoms with Gasteiger partial charge in [0.15, 0.2) is 5.82 Å². The summed E-state index contributed by atoms with van der Waals surface area (Å²) in [5, 5.41) is 8.16. The number of halogens is 1. The number of aromatic nitrogens is 2. The summed E-state index contributed by atoms with van der Waals surface area (Å²) in [4.78, 5) is 4.41. The Labute approximate surface area is 124 Å². The molecule has 0 saturated carbocycles. The second kappa shape index (κ2) is 6.37. The molecule has 108 valence electrons. The monoisotopic (exact) mass is 293 g/mol. The van der Waals surface area contributed by atoms with Gasteiger partial charge in [-0.3, -0.25) is 5.32 Å². The van der Waals surface area contributed by atoms with Gasteiger partial charge in [0.1, 0.15) is 0 Å². The van der Waals surface area contributed by atoms with Crippen molar-refractivity contribution in [1.82, 2.24) is 15.5 Å². The average molecular weight is 294 g/mol. The third-order valence-corrected chi connectivity index (χ3v) is 3.56. The van der Waals surface area contributed by atoms with Gasteiger partial charge in [0, 0.05) is 17.0 Å². The van der Waals surface area contributed by atoms with Crippen molar-refractivity contribution in [3.05, 3.63) is 46.6 Å². The molecule has 1 aromatic carbocycles. The largest absolute Gasteiger partial charge is 0.338 e. The van der Waals surface area contributed by atoms with E-state index in [0.717, 1.165) is 16.4 Å². The van der Waals surface area contributed by atoms with Crippen LogP contribution in [0.2, 0.25) is 5.02 Å². The summed E-state index contributed by atoms with van der Waals surface area (Å²) >= 11 is 6.20. The molecule has 2 rings (SSSR count). The van der Waals surface area contributed by atoms with Crippen LogP contribution in [-0.4, -0.2) is 10.1 Å². The molecule has 0 aliphatic carbocycles. The van der Waals surface area contributed by atoms with Crippen molar-refractivity contribution in [3.8, 4) is 0 Å². The zero-order valence-corrected chi connectivity index (χ0v) is 13.0. The average Bonchev–Trinajstić information content (AvgIpc) is 2.88. The lowest BCUT2D eigenvalue weighted by Gasteiger charge is -2.18. The van der Waals surface area contributed by atoms with E-state index >= 15 is 0 Å². The van der Waals surface area contributed by atoms with Crippen molar-refractivity contribution in [1.29, 1.82) is 0 Å². The van der Waals surface area contributed by atoms with Gasteiger partial charge >= 0.3 is 0 Å². The van der Waals surface area contributed by atoms with Crippen LogP contribution in [0, 0.1) is 0 Å². The normalized spacial score (nSPS) is 14.5. The van der Waals surface area contributed by atoms with E-state index in [0.29, 0.717) is 5.89 Å². The zero-order valence-electron chi connectivity index (χ0n) is 12.2. The second-order valence-electron chi connectivity index (χ2n) is 5.28. The molecule has 0 radical (unpaired) electrons. The first-order chi connectivity index (χ1) is 9.49. The predicted molar refractivity (Wildman–Crippen MR) is 79.8 cm³/mol. The van der Waals surface area contributed by atoms with Crippen molar-refractivity contribution < 1.29 is 4.52 Å². The molecule has 0 spiro atoms. The topological polar surface area (TPSA) is 51.0 Å². The first-order valence-electron chi connectivity index (χ1n) is 6.83. The molecule has 2 aromatic rings. The fraction of sp³-hybridized carbons (Fsp3) is 0.467. The highest BCUT2D eigenvalue weighted by atomic mass is 35.5. The zero-order chi connectivity index (χ0) is 14.7. The van der Waals surface area contributed by atoms with Gasteiger partial charge in [-0.15, -0.1) is 0 Å². The summed E-state index contributed by atoms with van der Waals surface area (Å²) in [6, 6.07) is 7.89. The van der Waals surface area contributed by atoms with E-state index in [2.05, 4.69) is 22.4 Å². The highest BCUT2D eigenvalue weighted by molar-refractivity contribution is 6.31. The Kier molecular flexibility index (Phi) is 4.78. The lowest BCUT2D eigenvalue weighted by atomic mass is 10.1. The van der Waals surface area contributed by atoms with Gasteiger partial charge in [-0.05, 0) is 25.5 Å². The molecule has 20 heavy (non-hydrogen) atoms. The van der Waals surface area contributed by atoms with Gasteiger partial charge < -0.3 is 4.52 Å². The van der Waals surface area contributed by atoms with E-state index in [1.165, 1.54) is 0 Å². The van der Waals surface area contributed by atoms with Crippen molar-refractivity contribution in [2.75, 3.05) is 0 Å². The number of nitrogens with one attached hydrogen (secondary N) is 1. The number of hydrogen-bond acceptors (Lipinski definition) is 4. The lowest BCUT2D eigenvalue weighted by Crippen LogP contribution is -2.23. The lowest BCUT2D eigenvalue weighted by molar-refractivity contribution is 0.324. The third kappa shape index (κ3) is 3.38. The summed E-state index contributed by atoms with van der Waals surface area (Å²) < 4.78 is 5.30. The van der Waals surface area contributed by atoms with Crippen LogP contribution in [0.1, 0.15) is 63.0 Å². The van der Waals surface area contributed by atoms with Crippen LogP contribution < -0.4 is 5.32 Å². The molecule has 4 nitrogen and oxygen atoms in total. The molecular weight excluding hydrogens is 274 g/mol. The smallest absolute Gasteiger partial charge is 0.243 e. The Morgan fingerprint density at radius 3 is 2.40 bits per heavy atom. The van der Waals surface area contributed by atoms with Crippen LogP contribution in [0.4, 0.5) is 0 Å². The minimum absolute atomic E-state index is 0.0266. The Morgan fingerprint density at radius 2 is 1.80 bits per heavy atom. The number of nitrogens with zero attached hydrogens (tertiary/aromatic N) is 2.